The molecule has 0 amide bonds. The molecule has 2 aliphatic rings. The maximum atomic E-state index is 17.3. The van der Waals surface area contributed by atoms with Crippen LogP contribution in [0.1, 0.15) is 65.6 Å². The summed E-state index contributed by atoms with van der Waals surface area (Å²) < 4.78 is 76.1. The third-order valence-corrected chi connectivity index (χ3v) is 17.7. The topological polar surface area (TPSA) is 104 Å². The average Bonchev–Trinajstić information content (AvgIpc) is 3.39. The maximum Gasteiger partial charge on any atom is 0.249 e. The number of nitrogens with zero attached hydrogens (tertiary/aromatic N) is 4. The molecule has 1 atom stereocenters. The molecular weight excluding hydrogens is 691 g/mol. The van der Waals surface area contributed by atoms with Crippen LogP contribution in [0.5, 0.6) is 5.75 Å². The summed E-state index contributed by atoms with van der Waals surface area (Å²) in [6.07, 6.45) is 2.83. The van der Waals surface area contributed by atoms with Gasteiger partial charge in [0, 0.05) is 43.5 Å². The lowest BCUT2D eigenvalue weighted by Gasteiger charge is -2.38. The van der Waals surface area contributed by atoms with E-state index in [9.17, 15) is 8.42 Å². The van der Waals surface area contributed by atoms with Gasteiger partial charge in [0.25, 0.3) is 0 Å². The number of aromatic nitrogens is 3. The van der Waals surface area contributed by atoms with Gasteiger partial charge in [-0.2, -0.15) is 0 Å². The summed E-state index contributed by atoms with van der Waals surface area (Å²) in [6, 6.07) is 6.34. The Morgan fingerprint density at radius 2 is 1.73 bits per heavy atom. The van der Waals surface area contributed by atoms with E-state index in [4.69, 9.17) is 19.2 Å². The number of benzene rings is 2. The normalized spacial score (nSPS) is 16.7. The van der Waals surface area contributed by atoms with Crippen LogP contribution in [0.15, 0.2) is 29.4 Å². The van der Waals surface area contributed by atoms with Gasteiger partial charge in [0.1, 0.15) is 36.7 Å². The minimum absolute atomic E-state index is 0.0198. The molecule has 0 N–H and O–H groups in total. The number of anilines is 1. The first-order valence-corrected chi connectivity index (χ1v) is 21.7. The zero-order valence-electron chi connectivity index (χ0n) is 30.6. The zero-order valence-corrected chi connectivity index (χ0v) is 32.4. The van der Waals surface area contributed by atoms with Gasteiger partial charge in [0.15, 0.2) is 12.6 Å². The summed E-state index contributed by atoms with van der Waals surface area (Å²) >= 11 is 0. The van der Waals surface area contributed by atoms with E-state index in [2.05, 4.69) is 63.0 Å². The van der Waals surface area contributed by atoms with E-state index in [-0.39, 0.29) is 35.2 Å². The minimum atomic E-state index is -3.94. The third-order valence-electron chi connectivity index (χ3n) is 10.6. The van der Waals surface area contributed by atoms with Crippen molar-refractivity contribution in [3.63, 3.8) is 0 Å². The van der Waals surface area contributed by atoms with Crippen LogP contribution in [-0.4, -0.2) is 77.4 Å². The van der Waals surface area contributed by atoms with Gasteiger partial charge in [-0.1, -0.05) is 53.5 Å². The molecule has 9 nitrogen and oxygen atoms in total. The lowest BCUT2D eigenvalue weighted by molar-refractivity contribution is 0.0512. The lowest BCUT2D eigenvalue weighted by Crippen LogP contribution is -2.43. The highest BCUT2D eigenvalue weighted by molar-refractivity contribution is 7.90. The van der Waals surface area contributed by atoms with Crippen molar-refractivity contribution in [1.29, 1.82) is 0 Å². The van der Waals surface area contributed by atoms with Gasteiger partial charge in [-0.05, 0) is 59.5 Å². The summed E-state index contributed by atoms with van der Waals surface area (Å²) in [7, 11) is -4.75. The van der Waals surface area contributed by atoms with Gasteiger partial charge < -0.3 is 19.1 Å². The summed E-state index contributed by atoms with van der Waals surface area (Å²) in [5.74, 6) is 2.62. The molecule has 1 unspecified atom stereocenters. The molecule has 0 spiro atoms. The monoisotopic (exact) mass is 736 g/mol. The van der Waals surface area contributed by atoms with Crippen LogP contribution in [0, 0.1) is 23.1 Å². The number of ether oxygens (including phenoxy) is 3. The summed E-state index contributed by atoms with van der Waals surface area (Å²) in [5.41, 5.74) is 5.26. The Kier molecular flexibility index (Phi) is 10.4. The predicted molar refractivity (Wildman–Crippen MR) is 199 cm³/mol. The van der Waals surface area contributed by atoms with E-state index in [0.717, 1.165) is 6.26 Å². The van der Waals surface area contributed by atoms with Crippen molar-refractivity contribution in [2.24, 2.45) is 0 Å². The van der Waals surface area contributed by atoms with Crippen molar-refractivity contribution in [2.45, 2.75) is 88.6 Å². The number of hydrogen-bond acceptors (Lipinski definition) is 9. The van der Waals surface area contributed by atoms with E-state index in [1.165, 1.54) is 13.2 Å². The molecule has 4 aromatic rings. The maximum absolute atomic E-state index is 17.3. The van der Waals surface area contributed by atoms with Crippen molar-refractivity contribution in [1.82, 2.24) is 15.0 Å². The molecule has 4 heterocycles. The van der Waals surface area contributed by atoms with Gasteiger partial charge in [0.05, 0.1) is 23.3 Å². The van der Waals surface area contributed by atoms with Crippen LogP contribution < -0.4 is 9.64 Å². The first kappa shape index (κ1) is 37.1. The van der Waals surface area contributed by atoms with Crippen LogP contribution in [-0.2, 0) is 25.7 Å². The first-order chi connectivity index (χ1) is 24.2. The molecule has 1 saturated heterocycles. The second kappa shape index (κ2) is 14.4. The van der Waals surface area contributed by atoms with E-state index in [1.807, 2.05) is 4.90 Å². The molecule has 272 valence electrons. The predicted octanol–water partition coefficient (Wildman–Crippen LogP) is 7.62. The molecular formula is C38H46F2N4O5SSi. The number of sulfone groups is 1. The molecule has 6 rings (SSSR count). The average molecular weight is 737 g/mol. The van der Waals surface area contributed by atoms with Crippen molar-refractivity contribution in [3.8, 4) is 28.5 Å². The highest BCUT2D eigenvalue weighted by Gasteiger charge is 2.42. The van der Waals surface area contributed by atoms with E-state index in [1.54, 1.807) is 18.2 Å². The number of methoxy groups -OCH3 is 1. The van der Waals surface area contributed by atoms with Crippen LogP contribution in [0.25, 0.3) is 32.9 Å². The largest absolute Gasteiger partial charge is 0.468 e. The van der Waals surface area contributed by atoms with Crippen LogP contribution >= 0.6 is 0 Å². The molecule has 2 aromatic heterocycles. The Hall–Kier alpha value is -3.70. The number of hydrogen-bond donors (Lipinski definition) is 0. The summed E-state index contributed by atoms with van der Waals surface area (Å²) in [4.78, 5) is 15.8. The molecule has 51 heavy (non-hydrogen) atoms. The van der Waals surface area contributed by atoms with Crippen LogP contribution in [0.3, 0.4) is 0 Å². The van der Waals surface area contributed by atoms with Crippen LogP contribution in [0.4, 0.5) is 14.6 Å². The number of pyridine rings is 1. The summed E-state index contributed by atoms with van der Waals surface area (Å²) in [6.45, 7) is 14.5. The van der Waals surface area contributed by atoms with Gasteiger partial charge in [0.2, 0.25) is 15.0 Å². The quantitative estimate of drug-likeness (QED) is 0.0783. The molecule has 0 bridgehead atoms. The molecule has 0 saturated carbocycles. The number of aryl methyl sites for hydroxylation is 1. The molecule has 2 aliphatic heterocycles. The lowest BCUT2D eigenvalue weighted by atomic mass is 9.95. The Labute approximate surface area is 300 Å². The van der Waals surface area contributed by atoms with Gasteiger partial charge >= 0.3 is 0 Å². The Bertz CT molecular complexity index is 2150. The van der Waals surface area contributed by atoms with E-state index < -0.39 is 34.7 Å². The number of halogens is 2. The van der Waals surface area contributed by atoms with Gasteiger partial charge in [-0.3, -0.25) is 0 Å². The molecule has 2 aromatic carbocycles. The zero-order chi connectivity index (χ0) is 36.8. The molecule has 13 heteroatoms. The van der Waals surface area contributed by atoms with Crippen LogP contribution in [0.2, 0.25) is 16.6 Å². The molecule has 0 radical (unpaired) electrons. The highest BCUT2D eigenvalue weighted by atomic mass is 32.2. The first-order valence-electron chi connectivity index (χ1n) is 17.5. The smallest absolute Gasteiger partial charge is 0.249 e. The fourth-order valence-electron chi connectivity index (χ4n) is 8.18. The van der Waals surface area contributed by atoms with E-state index >= 15 is 8.78 Å². The Morgan fingerprint density at radius 1 is 1.00 bits per heavy atom. The Morgan fingerprint density at radius 3 is 2.39 bits per heavy atom. The third kappa shape index (κ3) is 6.72. The van der Waals surface area contributed by atoms with Crippen molar-refractivity contribution in [3.05, 3.63) is 47.2 Å². The standard InChI is InChI=1S/C38H46F2N4O5SSi/c1-22(2)51(23(3)4,24(5)6)18-14-28-30(39)11-9-25-19-27(49-21-47-7)20-29(32(25)28)35-34(40)36-33-31(41-35)12-10-26-13-16-48-17-15-44(26)37(33)43-38(42-36)50(8,45)46/h9,11,19-20,22-24,26H,10,12-13,15-17,21H2,1-8H3. The van der Waals surface area contributed by atoms with Crippen molar-refractivity contribution >= 4 is 45.4 Å². The van der Waals surface area contributed by atoms with Gasteiger partial charge in [-0.25, -0.2) is 32.2 Å². The summed E-state index contributed by atoms with van der Waals surface area (Å²) in [5, 5.41) is 0.865. The van der Waals surface area contributed by atoms with Crippen molar-refractivity contribution in [2.75, 3.05) is 44.8 Å². The van der Waals surface area contributed by atoms with Gasteiger partial charge in [-0.15, -0.1) is 5.54 Å². The minimum Gasteiger partial charge on any atom is -0.468 e. The van der Waals surface area contributed by atoms with E-state index in [0.29, 0.717) is 89.1 Å². The second-order valence-electron chi connectivity index (χ2n) is 14.5. The second-order valence-corrected chi connectivity index (χ2v) is 22.0. The molecule has 1 fully saturated rings. The fourth-order valence-corrected chi connectivity index (χ4v) is 13.9. The highest BCUT2D eigenvalue weighted by Crippen LogP contribution is 2.44. The number of fused-ring (bicyclic) bond motifs is 3. The SMILES string of the molecule is COCOc1cc(-c2nc3c4c(nc(S(C)(=O)=O)nc4c2F)N2CCOCCC2CC3)c2c(C#C[Si](C(C)C)(C(C)C)C(C)C)c(F)ccc2c1. The fraction of sp³-hybridized carbons (Fsp3) is 0.500. The van der Waals surface area contributed by atoms with Crippen molar-refractivity contribution < 1.29 is 31.4 Å². The Balaban J connectivity index is 1.71. The number of rotatable bonds is 8. The molecule has 0 aliphatic carbocycles.